The summed E-state index contributed by atoms with van der Waals surface area (Å²) in [6.45, 7) is 3.00. The molecule has 3 nitrogen and oxygen atoms in total. The number of hydrogen-bond acceptors (Lipinski definition) is 2. The molecule has 5 rings (SSSR count). The molecule has 0 radical (unpaired) electrons. The Kier molecular flexibility index (Phi) is 6.00. The second-order valence-corrected chi connectivity index (χ2v) is 8.37. The number of hydrogen-bond donors (Lipinski definition) is 0. The molecule has 0 atom stereocenters. The van der Waals surface area contributed by atoms with Crippen LogP contribution < -0.4 is 0 Å². The summed E-state index contributed by atoms with van der Waals surface area (Å²) in [5.41, 5.74) is 7.35. The monoisotopic (exact) mass is 449 g/mol. The van der Waals surface area contributed by atoms with Crippen LogP contribution in [0.1, 0.15) is 29.2 Å². The van der Waals surface area contributed by atoms with Crippen LogP contribution in [0.3, 0.4) is 0 Å². The van der Waals surface area contributed by atoms with Gasteiger partial charge in [-0.1, -0.05) is 72.8 Å². The zero-order chi connectivity index (χ0) is 24.2. The standard InChI is InChI=1S/C32H23N3/c1-2-35-31-15-13-23(17-27(21-33)25-9-5-3-6-10-25)19-29(31)30-20-24(14-16-32(30)35)18-28(22-34)26-11-7-4-8-12-26/h3-20H,2H2,1H3/b27-17+,28-18+. The third-order valence-corrected chi connectivity index (χ3v) is 6.26. The lowest BCUT2D eigenvalue weighted by atomic mass is 10.0. The summed E-state index contributed by atoms with van der Waals surface area (Å²) in [5.74, 6) is 0. The number of allylic oxidation sites excluding steroid dienone is 2. The summed E-state index contributed by atoms with van der Waals surface area (Å²) in [7, 11) is 0. The normalized spacial score (nSPS) is 12.0. The summed E-state index contributed by atoms with van der Waals surface area (Å²) >= 11 is 0. The van der Waals surface area contributed by atoms with Crippen LogP contribution in [-0.2, 0) is 6.54 Å². The minimum absolute atomic E-state index is 0.634. The van der Waals surface area contributed by atoms with Crippen LogP contribution in [-0.4, -0.2) is 4.57 Å². The number of aryl methyl sites for hydroxylation is 1. The number of aromatic nitrogens is 1. The quantitative estimate of drug-likeness (QED) is 0.202. The maximum Gasteiger partial charge on any atom is 0.0998 e. The molecule has 0 aliphatic rings. The van der Waals surface area contributed by atoms with Gasteiger partial charge < -0.3 is 4.57 Å². The number of nitriles is 2. The smallest absolute Gasteiger partial charge is 0.0998 e. The fraction of sp³-hybridized carbons (Fsp3) is 0.0625. The molecule has 0 spiro atoms. The lowest BCUT2D eigenvalue weighted by Crippen LogP contribution is -1.92. The van der Waals surface area contributed by atoms with E-state index in [1.54, 1.807) is 0 Å². The Labute approximate surface area is 205 Å². The molecule has 3 heteroatoms. The molecule has 0 saturated carbocycles. The zero-order valence-corrected chi connectivity index (χ0v) is 19.4. The number of benzene rings is 4. The SMILES string of the molecule is CCn1c2ccc(/C=C(\C#N)c3ccccc3)cc2c2cc(/C=C(\C#N)c3ccccc3)ccc21. The molecule has 0 unspecified atom stereocenters. The highest BCUT2D eigenvalue weighted by molar-refractivity contribution is 6.10. The van der Waals surface area contributed by atoms with E-state index >= 15 is 0 Å². The molecule has 4 aromatic carbocycles. The first-order valence-corrected chi connectivity index (χ1v) is 11.6. The van der Waals surface area contributed by atoms with Gasteiger partial charge in [0.1, 0.15) is 0 Å². The second-order valence-electron chi connectivity index (χ2n) is 8.37. The Hall–Kier alpha value is -4.86. The van der Waals surface area contributed by atoms with Crippen molar-refractivity contribution >= 4 is 45.1 Å². The van der Waals surface area contributed by atoms with E-state index in [9.17, 15) is 10.5 Å². The van der Waals surface area contributed by atoms with E-state index in [1.807, 2.05) is 72.8 Å². The third-order valence-electron chi connectivity index (χ3n) is 6.26. The van der Waals surface area contributed by atoms with Gasteiger partial charge in [0, 0.05) is 28.4 Å². The second kappa shape index (κ2) is 9.56. The first-order valence-electron chi connectivity index (χ1n) is 11.6. The predicted molar refractivity (Wildman–Crippen MR) is 145 cm³/mol. The first-order chi connectivity index (χ1) is 17.2. The molecule has 0 bridgehead atoms. The number of nitrogens with zero attached hydrogens (tertiary/aromatic N) is 3. The van der Waals surface area contributed by atoms with Crippen molar-refractivity contribution in [3.05, 3.63) is 119 Å². The fourth-order valence-electron chi connectivity index (χ4n) is 4.59. The molecule has 0 fully saturated rings. The molecular weight excluding hydrogens is 426 g/mol. The van der Waals surface area contributed by atoms with Gasteiger partial charge in [0.15, 0.2) is 0 Å². The Balaban J connectivity index is 1.66. The average molecular weight is 450 g/mol. The number of fused-ring (bicyclic) bond motifs is 3. The van der Waals surface area contributed by atoms with E-state index in [4.69, 9.17) is 0 Å². The summed E-state index contributed by atoms with van der Waals surface area (Å²) in [6, 6.07) is 36.9. The van der Waals surface area contributed by atoms with Crippen LogP contribution in [0.2, 0.25) is 0 Å². The van der Waals surface area contributed by atoms with Crippen LogP contribution in [0, 0.1) is 22.7 Å². The Bertz CT molecular complexity index is 1550. The Morgan fingerprint density at radius 3 is 1.46 bits per heavy atom. The molecule has 1 heterocycles. The molecule has 0 N–H and O–H groups in total. The highest BCUT2D eigenvalue weighted by Gasteiger charge is 2.11. The molecule has 0 aliphatic heterocycles. The topological polar surface area (TPSA) is 52.5 Å². The predicted octanol–water partition coefficient (Wildman–Crippen LogP) is 7.94. The van der Waals surface area contributed by atoms with E-state index in [0.717, 1.165) is 50.6 Å². The van der Waals surface area contributed by atoms with Crippen LogP contribution in [0.25, 0.3) is 45.1 Å². The lowest BCUT2D eigenvalue weighted by molar-refractivity contribution is 0.827. The van der Waals surface area contributed by atoms with E-state index < -0.39 is 0 Å². The molecule has 0 amide bonds. The molecule has 5 aromatic rings. The van der Waals surface area contributed by atoms with Gasteiger partial charge in [-0.3, -0.25) is 0 Å². The molecular formula is C32H23N3. The molecule has 1 aromatic heterocycles. The average Bonchev–Trinajstić information content (AvgIpc) is 3.23. The van der Waals surface area contributed by atoms with Crippen molar-refractivity contribution < 1.29 is 0 Å². The van der Waals surface area contributed by atoms with Crippen LogP contribution in [0.4, 0.5) is 0 Å². The van der Waals surface area contributed by atoms with Gasteiger partial charge in [-0.05, 0) is 65.6 Å². The van der Waals surface area contributed by atoms with Gasteiger partial charge in [-0.25, -0.2) is 0 Å². The van der Waals surface area contributed by atoms with Crippen molar-refractivity contribution in [2.45, 2.75) is 13.5 Å². The van der Waals surface area contributed by atoms with Crippen LogP contribution >= 0.6 is 0 Å². The first kappa shape index (κ1) is 22.0. The molecule has 166 valence electrons. The van der Waals surface area contributed by atoms with E-state index in [2.05, 4.69) is 60.0 Å². The Morgan fingerprint density at radius 1 is 0.657 bits per heavy atom. The summed E-state index contributed by atoms with van der Waals surface area (Å²) in [4.78, 5) is 0. The minimum atomic E-state index is 0.634. The van der Waals surface area contributed by atoms with Crippen LogP contribution in [0.15, 0.2) is 97.1 Å². The van der Waals surface area contributed by atoms with E-state index in [-0.39, 0.29) is 0 Å². The maximum absolute atomic E-state index is 9.75. The maximum atomic E-state index is 9.75. The van der Waals surface area contributed by atoms with Gasteiger partial charge >= 0.3 is 0 Å². The summed E-state index contributed by atoms with van der Waals surface area (Å²) in [5, 5.41) is 21.8. The minimum Gasteiger partial charge on any atom is -0.341 e. The van der Waals surface area contributed by atoms with Crippen LogP contribution in [0.5, 0.6) is 0 Å². The largest absolute Gasteiger partial charge is 0.341 e. The third kappa shape index (κ3) is 4.24. The van der Waals surface area contributed by atoms with Gasteiger partial charge in [0.2, 0.25) is 0 Å². The summed E-state index contributed by atoms with van der Waals surface area (Å²) < 4.78 is 2.30. The molecule has 35 heavy (non-hydrogen) atoms. The van der Waals surface area contributed by atoms with Gasteiger partial charge in [-0.2, -0.15) is 10.5 Å². The van der Waals surface area contributed by atoms with E-state index in [0.29, 0.717) is 11.1 Å². The lowest BCUT2D eigenvalue weighted by Gasteiger charge is -2.04. The van der Waals surface area contributed by atoms with Crippen molar-refractivity contribution in [2.75, 3.05) is 0 Å². The highest BCUT2D eigenvalue weighted by atomic mass is 15.0. The van der Waals surface area contributed by atoms with Gasteiger partial charge in [0.25, 0.3) is 0 Å². The summed E-state index contributed by atoms with van der Waals surface area (Å²) in [6.07, 6.45) is 3.88. The van der Waals surface area contributed by atoms with Crippen molar-refractivity contribution in [1.82, 2.24) is 4.57 Å². The van der Waals surface area contributed by atoms with Gasteiger partial charge in [-0.15, -0.1) is 0 Å². The fourth-order valence-corrected chi connectivity index (χ4v) is 4.59. The molecule has 0 aliphatic carbocycles. The highest BCUT2D eigenvalue weighted by Crippen LogP contribution is 2.32. The van der Waals surface area contributed by atoms with Crippen molar-refractivity contribution in [2.24, 2.45) is 0 Å². The zero-order valence-electron chi connectivity index (χ0n) is 19.4. The van der Waals surface area contributed by atoms with E-state index in [1.165, 1.54) is 0 Å². The van der Waals surface area contributed by atoms with Crippen molar-refractivity contribution in [3.63, 3.8) is 0 Å². The number of rotatable bonds is 5. The Morgan fingerprint density at radius 2 is 1.09 bits per heavy atom. The van der Waals surface area contributed by atoms with Crippen molar-refractivity contribution in [1.29, 1.82) is 10.5 Å². The van der Waals surface area contributed by atoms with Gasteiger partial charge in [0.05, 0.1) is 23.3 Å². The van der Waals surface area contributed by atoms with Crippen molar-refractivity contribution in [3.8, 4) is 12.1 Å². The molecule has 0 saturated heterocycles.